The third-order valence-electron chi connectivity index (χ3n) is 1.12. The zero-order chi connectivity index (χ0) is 8.36. The van der Waals surface area contributed by atoms with Gasteiger partial charge in [-0.1, -0.05) is 22.9 Å². The summed E-state index contributed by atoms with van der Waals surface area (Å²) in [6.45, 7) is 2.98. The molecule has 0 saturated heterocycles. The molecule has 3 nitrogen and oxygen atoms in total. The van der Waals surface area contributed by atoms with Crippen LogP contribution in [0.5, 0.6) is 0 Å². The molecule has 0 aliphatic rings. The fourth-order valence-corrected chi connectivity index (χ4v) is 2.17. The van der Waals surface area contributed by atoms with Crippen LogP contribution in [-0.2, 0) is 9.84 Å². The van der Waals surface area contributed by atoms with Gasteiger partial charge in [-0.2, -0.15) is 0 Å². The fourth-order valence-electron chi connectivity index (χ4n) is 0.459. The molecule has 0 bridgehead atoms. The minimum atomic E-state index is -3.13. The van der Waals surface area contributed by atoms with Crippen molar-refractivity contribution in [3.05, 3.63) is 0 Å². The Hall–Kier alpha value is 0.390. The Bertz CT molecular complexity index is 185. The van der Waals surface area contributed by atoms with E-state index in [1.165, 1.54) is 6.92 Å². The van der Waals surface area contributed by atoms with Gasteiger partial charge < -0.3 is 5.11 Å². The molecule has 0 radical (unpaired) electrons. The maximum atomic E-state index is 10.9. The first kappa shape index (κ1) is 10.4. The van der Waals surface area contributed by atoms with E-state index in [1.54, 1.807) is 6.92 Å². The van der Waals surface area contributed by atoms with E-state index < -0.39 is 20.1 Å². The van der Waals surface area contributed by atoms with E-state index in [0.717, 1.165) is 0 Å². The van der Waals surface area contributed by atoms with Crippen LogP contribution in [0.15, 0.2) is 0 Å². The normalized spacial score (nSPS) is 18.4. The molecule has 0 spiro atoms. The highest BCUT2D eigenvalue weighted by Crippen LogP contribution is 2.13. The molecule has 62 valence electrons. The lowest BCUT2D eigenvalue weighted by atomic mass is 10.5. The van der Waals surface area contributed by atoms with Gasteiger partial charge in [0.25, 0.3) is 0 Å². The average Bonchev–Trinajstić information content (AvgIpc) is 1.86. The number of halogens is 1. The van der Waals surface area contributed by atoms with Crippen LogP contribution in [0, 0.1) is 0 Å². The lowest BCUT2D eigenvalue weighted by molar-refractivity contribution is 0.211. The fraction of sp³-hybridized carbons (Fsp3) is 1.00. The molecule has 2 unspecified atom stereocenters. The Kier molecular flexibility index (Phi) is 3.83. The first-order valence-corrected chi connectivity index (χ1v) is 5.58. The summed E-state index contributed by atoms with van der Waals surface area (Å²) in [7, 11) is -3.13. The monoisotopic (exact) mass is 230 g/mol. The van der Waals surface area contributed by atoms with E-state index in [4.69, 9.17) is 5.11 Å². The van der Waals surface area contributed by atoms with Crippen molar-refractivity contribution in [1.82, 2.24) is 0 Å². The van der Waals surface area contributed by atoms with Crippen molar-refractivity contribution in [1.29, 1.82) is 0 Å². The van der Waals surface area contributed by atoms with Crippen molar-refractivity contribution >= 4 is 25.8 Å². The van der Waals surface area contributed by atoms with Crippen molar-refractivity contribution in [2.24, 2.45) is 0 Å². The SMILES string of the molecule is CCS(=O)(=O)C(Br)C(C)O. The van der Waals surface area contributed by atoms with E-state index in [1.807, 2.05) is 0 Å². The summed E-state index contributed by atoms with van der Waals surface area (Å²) >= 11 is 2.89. The lowest BCUT2D eigenvalue weighted by Gasteiger charge is -2.11. The largest absolute Gasteiger partial charge is 0.391 e. The minimum Gasteiger partial charge on any atom is -0.391 e. The molecule has 5 heteroatoms. The summed E-state index contributed by atoms with van der Waals surface area (Å²) in [5, 5.41) is 8.86. The summed E-state index contributed by atoms with van der Waals surface area (Å²) in [5.74, 6) is 0.0494. The molecule has 0 aromatic carbocycles. The van der Waals surface area contributed by atoms with Crippen molar-refractivity contribution < 1.29 is 13.5 Å². The van der Waals surface area contributed by atoms with Crippen LogP contribution in [-0.4, -0.2) is 29.5 Å². The Morgan fingerprint density at radius 1 is 1.60 bits per heavy atom. The van der Waals surface area contributed by atoms with Gasteiger partial charge in [0.1, 0.15) is 4.16 Å². The van der Waals surface area contributed by atoms with Crippen molar-refractivity contribution in [3.8, 4) is 0 Å². The van der Waals surface area contributed by atoms with Crippen LogP contribution < -0.4 is 0 Å². The molecule has 1 N–H and O–H groups in total. The van der Waals surface area contributed by atoms with Crippen LogP contribution in [0.2, 0.25) is 0 Å². The summed E-state index contributed by atoms with van der Waals surface area (Å²) in [6, 6.07) is 0. The Labute approximate surface area is 69.5 Å². The predicted molar refractivity (Wildman–Crippen MR) is 43.9 cm³/mol. The molecule has 0 fully saturated rings. The number of rotatable bonds is 3. The number of hydrogen-bond acceptors (Lipinski definition) is 3. The highest BCUT2D eigenvalue weighted by molar-refractivity contribution is 9.11. The van der Waals surface area contributed by atoms with Crippen LogP contribution in [0.3, 0.4) is 0 Å². The van der Waals surface area contributed by atoms with Crippen LogP contribution >= 0.6 is 15.9 Å². The molecule has 0 aromatic heterocycles. The first-order chi connectivity index (χ1) is 4.41. The molecular formula is C5H11BrO3S. The number of aliphatic hydroxyl groups is 1. The molecule has 0 aliphatic heterocycles. The summed E-state index contributed by atoms with van der Waals surface area (Å²) in [5.41, 5.74) is 0. The van der Waals surface area contributed by atoms with E-state index in [0.29, 0.717) is 0 Å². The van der Waals surface area contributed by atoms with Gasteiger partial charge in [-0.05, 0) is 6.92 Å². The molecule has 0 saturated carbocycles. The topological polar surface area (TPSA) is 54.4 Å². The molecule has 0 heterocycles. The average molecular weight is 231 g/mol. The molecule has 0 rings (SSSR count). The second kappa shape index (κ2) is 3.69. The maximum Gasteiger partial charge on any atom is 0.165 e. The highest BCUT2D eigenvalue weighted by Gasteiger charge is 2.24. The van der Waals surface area contributed by atoms with Crippen LogP contribution in [0.4, 0.5) is 0 Å². The second-order valence-corrected chi connectivity index (χ2v) is 6.05. The Morgan fingerprint density at radius 2 is 2.00 bits per heavy atom. The van der Waals surface area contributed by atoms with Crippen LogP contribution in [0.25, 0.3) is 0 Å². The van der Waals surface area contributed by atoms with Crippen molar-refractivity contribution in [2.75, 3.05) is 5.75 Å². The molecule has 0 aliphatic carbocycles. The summed E-state index contributed by atoms with van der Waals surface area (Å²) in [4.78, 5) is 0. The Morgan fingerprint density at radius 3 is 2.10 bits per heavy atom. The van der Waals surface area contributed by atoms with E-state index in [9.17, 15) is 8.42 Å². The first-order valence-electron chi connectivity index (χ1n) is 2.95. The Balaban J connectivity index is 4.35. The van der Waals surface area contributed by atoms with Gasteiger partial charge in [-0.3, -0.25) is 0 Å². The van der Waals surface area contributed by atoms with E-state index in [2.05, 4.69) is 15.9 Å². The standard InChI is InChI=1S/C5H11BrO3S/c1-3-10(8,9)5(6)4(2)7/h4-5,7H,3H2,1-2H3. The van der Waals surface area contributed by atoms with Gasteiger partial charge in [0.2, 0.25) is 0 Å². The molecule has 0 amide bonds. The number of aliphatic hydroxyl groups excluding tert-OH is 1. The molecule has 0 aromatic rings. The zero-order valence-corrected chi connectivity index (χ0v) is 8.31. The number of alkyl halides is 1. The zero-order valence-electron chi connectivity index (χ0n) is 5.91. The van der Waals surface area contributed by atoms with Gasteiger partial charge >= 0.3 is 0 Å². The van der Waals surface area contributed by atoms with Gasteiger partial charge in [-0.15, -0.1) is 0 Å². The number of hydrogen-bond donors (Lipinski definition) is 1. The third kappa shape index (κ3) is 2.56. The van der Waals surface area contributed by atoms with Crippen LogP contribution in [0.1, 0.15) is 13.8 Å². The second-order valence-electron chi connectivity index (χ2n) is 2.04. The molecule has 10 heavy (non-hydrogen) atoms. The number of sulfone groups is 1. The minimum absolute atomic E-state index is 0.0494. The van der Waals surface area contributed by atoms with Gasteiger partial charge in [0.15, 0.2) is 9.84 Å². The van der Waals surface area contributed by atoms with Crippen molar-refractivity contribution in [2.45, 2.75) is 24.1 Å². The third-order valence-corrected chi connectivity index (χ3v) is 5.48. The van der Waals surface area contributed by atoms with E-state index >= 15 is 0 Å². The van der Waals surface area contributed by atoms with Gasteiger partial charge in [0.05, 0.1) is 6.10 Å². The van der Waals surface area contributed by atoms with Crippen molar-refractivity contribution in [3.63, 3.8) is 0 Å². The van der Waals surface area contributed by atoms with Gasteiger partial charge in [0, 0.05) is 5.75 Å². The smallest absolute Gasteiger partial charge is 0.165 e. The van der Waals surface area contributed by atoms with E-state index in [-0.39, 0.29) is 5.75 Å². The highest BCUT2D eigenvalue weighted by atomic mass is 79.9. The van der Waals surface area contributed by atoms with Gasteiger partial charge in [-0.25, -0.2) is 8.42 Å². The summed E-state index contributed by atoms with van der Waals surface area (Å²) < 4.78 is 21.0. The quantitative estimate of drug-likeness (QED) is 0.720. The molecular weight excluding hydrogens is 220 g/mol. The maximum absolute atomic E-state index is 10.9. The lowest BCUT2D eigenvalue weighted by Crippen LogP contribution is -2.27. The molecule has 2 atom stereocenters. The summed E-state index contributed by atoms with van der Waals surface area (Å²) in [6.07, 6.45) is -0.857. The predicted octanol–water partition coefficient (Wildman–Crippen LogP) is 0.523.